The van der Waals surface area contributed by atoms with Crippen LogP contribution in [0.2, 0.25) is 0 Å². The van der Waals surface area contributed by atoms with Gasteiger partial charge in [-0.25, -0.2) is 13.4 Å². The van der Waals surface area contributed by atoms with Gasteiger partial charge in [-0.15, -0.1) is 0 Å². The molecule has 1 N–H and O–H groups in total. The van der Waals surface area contributed by atoms with Crippen molar-refractivity contribution >= 4 is 26.8 Å². The molecule has 1 heterocycles. The minimum atomic E-state index is -3.76. The minimum Gasteiger partial charge on any atom is -0.443 e. The van der Waals surface area contributed by atoms with E-state index in [2.05, 4.69) is 9.71 Å². The first kappa shape index (κ1) is 13.1. The van der Waals surface area contributed by atoms with Crippen LogP contribution in [0.5, 0.6) is 0 Å². The molecule has 3 rings (SSSR count). The summed E-state index contributed by atoms with van der Waals surface area (Å²) in [6.07, 6.45) is 1.29. The predicted octanol–water partition coefficient (Wildman–Crippen LogP) is 2.50. The number of nitrogens with one attached hydrogen (secondary N) is 1. The summed E-state index contributed by atoms with van der Waals surface area (Å²) in [5, 5.41) is 8.83. The molecule has 0 fully saturated rings. The van der Waals surface area contributed by atoms with E-state index in [-0.39, 0.29) is 10.5 Å². The van der Waals surface area contributed by atoms with Crippen molar-refractivity contribution in [3.8, 4) is 6.07 Å². The molecular weight excluding hydrogens is 290 g/mol. The lowest BCUT2D eigenvalue weighted by Crippen LogP contribution is -2.13. The summed E-state index contributed by atoms with van der Waals surface area (Å²) >= 11 is 0. The molecule has 104 valence electrons. The van der Waals surface area contributed by atoms with Crippen molar-refractivity contribution in [2.45, 2.75) is 4.90 Å². The zero-order valence-corrected chi connectivity index (χ0v) is 11.5. The maximum Gasteiger partial charge on any atom is 0.261 e. The zero-order chi connectivity index (χ0) is 14.9. The van der Waals surface area contributed by atoms with Crippen LogP contribution in [0.15, 0.2) is 58.2 Å². The smallest absolute Gasteiger partial charge is 0.261 e. The number of aromatic nitrogens is 1. The van der Waals surface area contributed by atoms with Gasteiger partial charge < -0.3 is 4.42 Å². The summed E-state index contributed by atoms with van der Waals surface area (Å²) < 4.78 is 32.1. The number of fused-ring (bicyclic) bond motifs is 1. The molecule has 1 aromatic heterocycles. The predicted molar refractivity (Wildman–Crippen MR) is 76.0 cm³/mol. The lowest BCUT2D eigenvalue weighted by Gasteiger charge is -2.08. The summed E-state index contributed by atoms with van der Waals surface area (Å²) in [5.41, 5.74) is 1.79. The van der Waals surface area contributed by atoms with Crippen LogP contribution < -0.4 is 4.72 Å². The lowest BCUT2D eigenvalue weighted by atomic mass is 10.2. The second-order valence-corrected chi connectivity index (χ2v) is 5.96. The molecule has 0 saturated carbocycles. The Labute approximate surface area is 120 Å². The number of oxazole rings is 1. The Morgan fingerprint density at radius 1 is 1.19 bits per heavy atom. The third kappa shape index (κ3) is 2.57. The van der Waals surface area contributed by atoms with Crippen LogP contribution in [0.25, 0.3) is 11.1 Å². The number of hydrogen-bond acceptors (Lipinski definition) is 5. The molecule has 0 spiro atoms. The SMILES string of the molecule is N#Cc1cccc(S(=O)(=O)Nc2ccc3ocnc3c2)c1. The third-order valence-corrected chi connectivity index (χ3v) is 4.24. The van der Waals surface area contributed by atoms with E-state index in [0.29, 0.717) is 16.8 Å². The van der Waals surface area contributed by atoms with E-state index in [1.807, 2.05) is 6.07 Å². The van der Waals surface area contributed by atoms with Gasteiger partial charge in [-0.2, -0.15) is 5.26 Å². The Hall–Kier alpha value is -2.85. The van der Waals surface area contributed by atoms with Gasteiger partial charge in [-0.1, -0.05) is 6.07 Å². The average Bonchev–Trinajstić information content (AvgIpc) is 2.94. The van der Waals surface area contributed by atoms with Crippen molar-refractivity contribution < 1.29 is 12.8 Å². The Balaban J connectivity index is 1.96. The summed E-state index contributed by atoms with van der Waals surface area (Å²) in [4.78, 5) is 3.99. The van der Waals surface area contributed by atoms with Crippen LogP contribution in [0.1, 0.15) is 5.56 Å². The molecule has 21 heavy (non-hydrogen) atoms. The van der Waals surface area contributed by atoms with Crippen molar-refractivity contribution in [1.82, 2.24) is 4.98 Å². The van der Waals surface area contributed by atoms with Crippen molar-refractivity contribution in [1.29, 1.82) is 5.26 Å². The van der Waals surface area contributed by atoms with Gasteiger partial charge in [-0.05, 0) is 36.4 Å². The van der Waals surface area contributed by atoms with Crippen LogP contribution in [-0.4, -0.2) is 13.4 Å². The van der Waals surface area contributed by atoms with Gasteiger partial charge in [-0.3, -0.25) is 4.72 Å². The summed E-state index contributed by atoms with van der Waals surface area (Å²) in [6, 6.07) is 12.5. The highest BCUT2D eigenvalue weighted by Crippen LogP contribution is 2.21. The van der Waals surface area contributed by atoms with E-state index < -0.39 is 10.0 Å². The highest BCUT2D eigenvalue weighted by molar-refractivity contribution is 7.92. The van der Waals surface area contributed by atoms with Gasteiger partial charge in [0, 0.05) is 0 Å². The lowest BCUT2D eigenvalue weighted by molar-refractivity contribution is 0.600. The Bertz CT molecular complexity index is 955. The number of nitrogens with zero attached hydrogens (tertiary/aromatic N) is 2. The van der Waals surface area contributed by atoms with Crippen molar-refractivity contribution in [2.75, 3.05) is 4.72 Å². The molecule has 0 amide bonds. The number of rotatable bonds is 3. The van der Waals surface area contributed by atoms with Gasteiger partial charge in [0.05, 0.1) is 22.2 Å². The summed E-state index contributed by atoms with van der Waals surface area (Å²) in [5.74, 6) is 0. The van der Waals surface area contributed by atoms with Crippen molar-refractivity contribution in [3.63, 3.8) is 0 Å². The van der Waals surface area contributed by atoms with E-state index in [4.69, 9.17) is 9.68 Å². The highest BCUT2D eigenvalue weighted by atomic mass is 32.2. The first-order valence-corrected chi connectivity index (χ1v) is 7.43. The molecule has 0 aliphatic carbocycles. The van der Waals surface area contributed by atoms with Crippen LogP contribution in [0, 0.1) is 11.3 Å². The number of benzene rings is 2. The van der Waals surface area contributed by atoms with E-state index in [0.717, 1.165) is 0 Å². The number of sulfonamides is 1. The quantitative estimate of drug-likeness (QED) is 0.801. The normalized spacial score (nSPS) is 11.2. The Kier molecular flexibility index (Phi) is 3.08. The van der Waals surface area contributed by atoms with E-state index in [1.165, 1.54) is 24.6 Å². The van der Waals surface area contributed by atoms with Crippen LogP contribution in [0.4, 0.5) is 5.69 Å². The number of hydrogen-bond donors (Lipinski definition) is 1. The Morgan fingerprint density at radius 3 is 2.86 bits per heavy atom. The molecule has 0 radical (unpaired) electrons. The fourth-order valence-corrected chi connectivity index (χ4v) is 2.96. The molecule has 6 nitrogen and oxygen atoms in total. The fourth-order valence-electron chi connectivity index (χ4n) is 1.87. The van der Waals surface area contributed by atoms with E-state index in [1.54, 1.807) is 24.3 Å². The van der Waals surface area contributed by atoms with Gasteiger partial charge in [0.15, 0.2) is 12.0 Å². The first-order chi connectivity index (χ1) is 10.1. The number of anilines is 1. The van der Waals surface area contributed by atoms with Gasteiger partial charge >= 0.3 is 0 Å². The highest BCUT2D eigenvalue weighted by Gasteiger charge is 2.15. The van der Waals surface area contributed by atoms with Gasteiger partial charge in [0.2, 0.25) is 0 Å². The topological polar surface area (TPSA) is 96.0 Å². The standard InChI is InChI=1S/C14H9N3O3S/c15-8-10-2-1-3-12(6-10)21(18,19)17-11-4-5-14-13(7-11)16-9-20-14/h1-7,9,17H. The van der Waals surface area contributed by atoms with Crippen LogP contribution in [0.3, 0.4) is 0 Å². The minimum absolute atomic E-state index is 0.0294. The monoisotopic (exact) mass is 299 g/mol. The third-order valence-electron chi connectivity index (χ3n) is 2.86. The second-order valence-electron chi connectivity index (χ2n) is 4.28. The van der Waals surface area contributed by atoms with E-state index >= 15 is 0 Å². The molecule has 0 bridgehead atoms. The molecule has 2 aromatic carbocycles. The largest absolute Gasteiger partial charge is 0.443 e. The fraction of sp³-hybridized carbons (Fsp3) is 0. The molecule has 3 aromatic rings. The molecule has 0 saturated heterocycles. The molecule has 0 aliphatic rings. The zero-order valence-electron chi connectivity index (χ0n) is 10.6. The van der Waals surface area contributed by atoms with Crippen molar-refractivity contribution in [2.24, 2.45) is 0 Å². The average molecular weight is 299 g/mol. The van der Waals surface area contributed by atoms with Crippen LogP contribution in [-0.2, 0) is 10.0 Å². The summed E-state index contributed by atoms with van der Waals surface area (Å²) in [6.45, 7) is 0. The van der Waals surface area contributed by atoms with Gasteiger partial charge in [0.1, 0.15) is 5.52 Å². The maximum absolute atomic E-state index is 12.3. The number of nitriles is 1. The molecule has 0 aliphatic heterocycles. The van der Waals surface area contributed by atoms with E-state index in [9.17, 15) is 8.42 Å². The second kappa shape index (κ2) is 4.92. The van der Waals surface area contributed by atoms with Gasteiger partial charge in [0.25, 0.3) is 10.0 Å². The Morgan fingerprint density at radius 2 is 2.05 bits per heavy atom. The molecule has 0 atom stereocenters. The van der Waals surface area contributed by atoms with Crippen molar-refractivity contribution in [3.05, 3.63) is 54.4 Å². The molecular formula is C14H9N3O3S. The summed E-state index contributed by atoms with van der Waals surface area (Å²) in [7, 11) is -3.76. The molecule has 7 heteroatoms. The van der Waals surface area contributed by atoms with Crippen LogP contribution >= 0.6 is 0 Å². The molecule has 0 unspecified atom stereocenters. The maximum atomic E-state index is 12.3. The first-order valence-electron chi connectivity index (χ1n) is 5.95.